The predicted molar refractivity (Wildman–Crippen MR) is 125 cm³/mol. The van der Waals surface area contributed by atoms with Crippen LogP contribution in [-0.2, 0) is 33.5 Å². The summed E-state index contributed by atoms with van der Waals surface area (Å²) in [6, 6.07) is -1.74. The molecule has 4 fully saturated rings. The van der Waals surface area contributed by atoms with Gasteiger partial charge in [-0.1, -0.05) is 0 Å². The number of aliphatic hydroxyl groups is 1. The van der Waals surface area contributed by atoms with E-state index in [1.165, 1.54) is 45.5 Å². The van der Waals surface area contributed by atoms with Crippen molar-refractivity contribution in [2.24, 2.45) is 0 Å². The number of carbonyl (C=O) groups excluding carboxylic acids is 6. The number of carboxylic acid groups (broad SMARTS) is 3. The van der Waals surface area contributed by atoms with E-state index in [4.69, 9.17) is 9.84 Å². The van der Waals surface area contributed by atoms with Crippen molar-refractivity contribution in [1.82, 2.24) is 15.1 Å². The van der Waals surface area contributed by atoms with Crippen molar-refractivity contribution in [1.29, 1.82) is 0 Å². The fraction of sp³-hybridized carbons (Fsp3) is 0.478. The molecule has 19 heteroatoms. The van der Waals surface area contributed by atoms with E-state index in [9.17, 15) is 44.1 Å². The Hall–Kier alpha value is 0.00636. The zero-order valence-electron chi connectivity index (χ0n) is 23.4. The molecule has 0 aromatic carbocycles. The third-order valence-electron chi connectivity index (χ3n) is 6.62. The van der Waals surface area contributed by atoms with Gasteiger partial charge in [0.1, 0.15) is 29.1 Å². The minimum absolute atomic E-state index is 0. The first-order valence-electron chi connectivity index (χ1n) is 11.5. The number of fused-ring (bicyclic) bond motifs is 2. The van der Waals surface area contributed by atoms with Crippen LogP contribution >= 0.6 is 23.1 Å². The van der Waals surface area contributed by atoms with Crippen molar-refractivity contribution in [3.63, 3.8) is 0 Å². The Balaban J connectivity index is 0.000000446. The maximum absolute atomic E-state index is 12.4. The Labute approximate surface area is 335 Å². The summed E-state index contributed by atoms with van der Waals surface area (Å²) in [6.07, 6.45) is 0.918. The number of β-lactam (4-membered cyclic amide) rings is 2. The molecule has 210 valence electrons. The van der Waals surface area contributed by atoms with Gasteiger partial charge in [-0.15, -0.1) is 11.8 Å². The molecule has 0 spiro atoms. The number of rotatable bonds is 7. The van der Waals surface area contributed by atoms with Gasteiger partial charge >= 0.3 is 110 Å². The predicted octanol–water partition coefficient (Wildman–Crippen LogP) is -13.5. The summed E-state index contributed by atoms with van der Waals surface area (Å²) in [5.74, 6) is -7.44. The van der Waals surface area contributed by atoms with Crippen molar-refractivity contribution in [2.45, 2.75) is 60.7 Å². The number of nitrogens with zero attached hydrogens (tertiary/aromatic N) is 2. The average molecular weight is 666 g/mol. The van der Waals surface area contributed by atoms with Crippen LogP contribution in [0.5, 0.6) is 0 Å². The van der Waals surface area contributed by atoms with Gasteiger partial charge in [0.15, 0.2) is 6.23 Å². The summed E-state index contributed by atoms with van der Waals surface area (Å²) < 4.78 is 4.35. The second-order valence-electron chi connectivity index (χ2n) is 9.46. The van der Waals surface area contributed by atoms with E-state index in [2.05, 4.69) is 5.32 Å². The number of carboxylic acids is 3. The summed E-state index contributed by atoms with van der Waals surface area (Å²) in [5, 5.41) is 47.0. The van der Waals surface area contributed by atoms with Gasteiger partial charge in [0, 0.05) is 4.75 Å². The normalized spacial score (nSPS) is 27.5. The molecule has 4 aliphatic heterocycles. The van der Waals surface area contributed by atoms with E-state index in [1.54, 1.807) is 19.2 Å². The van der Waals surface area contributed by atoms with Crippen LogP contribution in [0.3, 0.4) is 0 Å². The van der Waals surface area contributed by atoms with Crippen molar-refractivity contribution in [3.8, 4) is 0 Å². The fourth-order valence-corrected chi connectivity index (χ4v) is 7.15. The maximum atomic E-state index is 12.4. The largest absolute Gasteiger partial charge is 1.00 e. The molecular formula is C23H22KN3Na2O11S2. The van der Waals surface area contributed by atoms with E-state index < -0.39 is 70.1 Å². The minimum atomic E-state index is -1.56. The van der Waals surface area contributed by atoms with Crippen molar-refractivity contribution < 1.29 is 164 Å². The molecule has 5 rings (SSSR count). The number of aliphatic carboxylic acids is 3. The maximum Gasteiger partial charge on any atom is 1.00 e. The molecule has 1 aromatic heterocycles. The Morgan fingerprint density at radius 1 is 1.17 bits per heavy atom. The SMILES string of the molecule is CC1(C)S[C@@H]2[C@H](NC(=O)C(C(=O)[O-])c3ccsc3)C(=O)N2[C@H]1C(=O)[O-].O=C([O-])[C@H]1/C(=C/CO)O[C@@H]2CC(=O)N21.[K+].[Na+].[Na+]. The van der Waals surface area contributed by atoms with Crippen LogP contribution in [-0.4, -0.2) is 91.6 Å². The number of thioether (sulfide) groups is 1. The number of hydrogen-bond acceptors (Lipinski definition) is 13. The monoisotopic (exact) mass is 665 g/mol. The molecular weight excluding hydrogens is 643 g/mol. The molecule has 1 unspecified atom stereocenters. The molecule has 42 heavy (non-hydrogen) atoms. The Bertz CT molecular complexity index is 1270. The molecule has 0 aliphatic carbocycles. The van der Waals surface area contributed by atoms with Gasteiger partial charge in [0.2, 0.25) is 17.7 Å². The van der Waals surface area contributed by atoms with E-state index in [-0.39, 0.29) is 141 Å². The van der Waals surface area contributed by atoms with Crippen LogP contribution in [0.2, 0.25) is 0 Å². The number of aliphatic hydroxyl groups excluding tert-OH is 1. The number of carbonyl (C=O) groups is 6. The average Bonchev–Trinajstić information content (AvgIpc) is 3.52. The van der Waals surface area contributed by atoms with Crippen molar-refractivity contribution in [3.05, 3.63) is 34.2 Å². The third kappa shape index (κ3) is 7.68. The summed E-state index contributed by atoms with van der Waals surface area (Å²) in [6.45, 7) is 3.03. The second-order valence-corrected chi connectivity index (χ2v) is 12.0. The van der Waals surface area contributed by atoms with Crippen LogP contribution in [0.1, 0.15) is 31.7 Å². The summed E-state index contributed by atoms with van der Waals surface area (Å²) in [4.78, 5) is 71.4. The molecule has 4 saturated heterocycles. The number of hydrogen-bond donors (Lipinski definition) is 2. The molecule has 0 radical (unpaired) electrons. The van der Waals surface area contributed by atoms with Gasteiger partial charge in [-0.3, -0.25) is 19.3 Å². The molecule has 2 N–H and O–H groups in total. The molecule has 4 aliphatic rings. The standard InChI is InChI=1S/C15H16N2O6S2.C8H9NO5.K.2Na/c1-15(2)9(14(22)23)17-11(19)8(12(17)25-15)16-10(18)7(13(20)21)6-3-4-24-5-6;10-2-1-4-7(8(12)13)9-5(11)3-6(9)14-4;;;/h3-5,7-9,12H,1-2H3,(H,16,18)(H,20,21)(H,22,23);1,6-7,10H,2-3H2,(H,12,13);;;/q;;3*+1/p-3/b;4-1-;;;/t7?,8-,9+,12-;6-,7-;;;/m11.../s1. The first-order chi connectivity index (χ1) is 18.3. The molecule has 0 bridgehead atoms. The zero-order chi connectivity index (χ0) is 28.8. The molecule has 5 heterocycles. The van der Waals surface area contributed by atoms with Gasteiger partial charge in [-0.2, -0.15) is 11.3 Å². The Morgan fingerprint density at radius 3 is 2.29 bits per heavy atom. The van der Waals surface area contributed by atoms with Crippen molar-refractivity contribution >= 4 is 58.7 Å². The minimum Gasteiger partial charge on any atom is -0.549 e. The molecule has 3 amide bonds. The second kappa shape index (κ2) is 16.0. The van der Waals surface area contributed by atoms with E-state index >= 15 is 0 Å². The van der Waals surface area contributed by atoms with Crippen molar-refractivity contribution in [2.75, 3.05) is 6.61 Å². The first-order valence-corrected chi connectivity index (χ1v) is 13.4. The number of ether oxygens (including phenoxy) is 1. The summed E-state index contributed by atoms with van der Waals surface area (Å²) in [5.41, 5.74) is 0.276. The fourth-order valence-electron chi connectivity index (χ4n) is 4.84. The van der Waals surface area contributed by atoms with Crippen LogP contribution in [0, 0.1) is 0 Å². The van der Waals surface area contributed by atoms with Crippen LogP contribution < -0.4 is 131 Å². The molecule has 14 nitrogen and oxygen atoms in total. The Kier molecular flexibility index (Phi) is 15.3. The first kappa shape index (κ1) is 40.0. The van der Waals surface area contributed by atoms with E-state index in [1.807, 2.05) is 0 Å². The van der Waals surface area contributed by atoms with Crippen LogP contribution in [0.25, 0.3) is 0 Å². The van der Waals surface area contributed by atoms with Gasteiger partial charge in [0.25, 0.3) is 0 Å². The van der Waals surface area contributed by atoms with E-state index in [0.717, 1.165) is 4.90 Å². The smallest absolute Gasteiger partial charge is 0.549 e. The molecule has 6 atom stereocenters. The van der Waals surface area contributed by atoms with Gasteiger partial charge < -0.3 is 49.8 Å². The van der Waals surface area contributed by atoms with Gasteiger partial charge in [-0.05, 0) is 42.3 Å². The number of thiophene rings is 1. The van der Waals surface area contributed by atoms with Gasteiger partial charge in [0.05, 0.1) is 37.0 Å². The molecule has 0 saturated carbocycles. The van der Waals surface area contributed by atoms with E-state index in [0.29, 0.717) is 0 Å². The summed E-state index contributed by atoms with van der Waals surface area (Å²) in [7, 11) is 0. The number of nitrogens with one attached hydrogen (secondary N) is 1. The molecule has 1 aromatic rings. The quantitative estimate of drug-likeness (QED) is 0.158. The third-order valence-corrected chi connectivity index (χ3v) is 8.89. The van der Waals surface area contributed by atoms with Gasteiger partial charge in [-0.25, -0.2) is 0 Å². The topological polar surface area (TPSA) is 220 Å². The summed E-state index contributed by atoms with van der Waals surface area (Å²) >= 11 is 2.47. The Morgan fingerprint density at radius 2 is 1.81 bits per heavy atom. The number of amides is 3. The van der Waals surface area contributed by atoms with Crippen LogP contribution in [0.4, 0.5) is 0 Å². The zero-order valence-corrected chi connectivity index (χ0v) is 32.2. The van der Waals surface area contributed by atoms with Crippen LogP contribution in [0.15, 0.2) is 28.7 Å².